The van der Waals surface area contributed by atoms with Crippen LogP contribution >= 0.6 is 11.6 Å². The minimum Gasteiger partial charge on any atom is -0.370 e. The molecule has 116 valence electrons. The highest BCUT2D eigenvalue weighted by molar-refractivity contribution is 6.33. The average Bonchev–Trinajstić information content (AvgIpc) is 3.30. The average molecular weight is 311 g/mol. The molecule has 1 amide bonds. The van der Waals surface area contributed by atoms with Gasteiger partial charge in [0.2, 0.25) is 0 Å². The van der Waals surface area contributed by atoms with Gasteiger partial charge in [0.25, 0.3) is 5.91 Å². The van der Waals surface area contributed by atoms with Crippen molar-refractivity contribution >= 4 is 23.3 Å². The summed E-state index contributed by atoms with van der Waals surface area (Å²) in [7, 11) is 2.09. The summed E-state index contributed by atoms with van der Waals surface area (Å²) in [5.74, 6) is 0.464. The number of halogens is 1. The molecular formula is C15H23ClN4O. The zero-order chi connectivity index (χ0) is 15.2. The normalized spacial score (nSPS) is 14.3. The first-order valence-corrected chi connectivity index (χ1v) is 7.88. The summed E-state index contributed by atoms with van der Waals surface area (Å²) in [5.41, 5.74) is 0.284. The number of rotatable bonds is 8. The van der Waals surface area contributed by atoms with E-state index in [4.69, 9.17) is 11.6 Å². The maximum absolute atomic E-state index is 12.2. The van der Waals surface area contributed by atoms with Crippen molar-refractivity contribution in [2.75, 3.05) is 32.0 Å². The standard InChI is InChI=1S/C15H23ClN4O/c1-3-8-17-13-7-6-12(16)14(19-13)15(21)18-9-10-20(2)11-4-5-11/h6-7,11H,3-5,8-10H2,1-2H3,(H,17,19)(H,18,21). The van der Waals surface area contributed by atoms with E-state index in [0.717, 1.165) is 19.5 Å². The molecule has 1 fully saturated rings. The smallest absolute Gasteiger partial charge is 0.271 e. The molecule has 0 atom stereocenters. The second kappa shape index (κ2) is 7.61. The van der Waals surface area contributed by atoms with Gasteiger partial charge < -0.3 is 15.5 Å². The van der Waals surface area contributed by atoms with E-state index < -0.39 is 0 Å². The number of pyridine rings is 1. The Hall–Kier alpha value is -1.33. The highest BCUT2D eigenvalue weighted by Crippen LogP contribution is 2.24. The Morgan fingerprint density at radius 2 is 2.19 bits per heavy atom. The Bertz CT molecular complexity index is 491. The third-order valence-corrected chi connectivity index (χ3v) is 3.84. The molecule has 2 N–H and O–H groups in total. The van der Waals surface area contributed by atoms with Crippen LogP contribution in [-0.4, -0.2) is 48.5 Å². The largest absolute Gasteiger partial charge is 0.370 e. The summed E-state index contributed by atoms with van der Waals surface area (Å²) in [6, 6.07) is 4.19. The maximum atomic E-state index is 12.2. The number of hydrogen-bond donors (Lipinski definition) is 2. The third-order valence-electron chi connectivity index (χ3n) is 3.54. The van der Waals surface area contributed by atoms with Crippen LogP contribution in [0.25, 0.3) is 0 Å². The Morgan fingerprint density at radius 1 is 1.43 bits per heavy atom. The molecule has 0 saturated heterocycles. The van der Waals surface area contributed by atoms with Crippen molar-refractivity contribution in [1.82, 2.24) is 15.2 Å². The van der Waals surface area contributed by atoms with E-state index in [2.05, 4.69) is 34.5 Å². The summed E-state index contributed by atoms with van der Waals surface area (Å²) in [5, 5.41) is 6.42. The van der Waals surface area contributed by atoms with Gasteiger partial charge in [-0.25, -0.2) is 4.98 Å². The fourth-order valence-electron chi connectivity index (χ4n) is 2.08. The van der Waals surface area contributed by atoms with Gasteiger partial charge in [-0.1, -0.05) is 18.5 Å². The Kier molecular flexibility index (Phi) is 5.82. The van der Waals surface area contributed by atoms with E-state index in [1.165, 1.54) is 12.8 Å². The summed E-state index contributed by atoms with van der Waals surface area (Å²) in [6.45, 7) is 4.35. The lowest BCUT2D eigenvalue weighted by atomic mass is 10.3. The number of nitrogens with zero attached hydrogens (tertiary/aromatic N) is 2. The van der Waals surface area contributed by atoms with Gasteiger partial charge in [0.1, 0.15) is 11.5 Å². The third kappa shape index (κ3) is 4.86. The van der Waals surface area contributed by atoms with Crippen molar-refractivity contribution in [2.24, 2.45) is 0 Å². The van der Waals surface area contributed by atoms with E-state index in [0.29, 0.717) is 23.4 Å². The highest BCUT2D eigenvalue weighted by atomic mass is 35.5. The fourth-order valence-corrected chi connectivity index (χ4v) is 2.27. The first-order chi connectivity index (χ1) is 10.1. The molecule has 1 aromatic heterocycles. The van der Waals surface area contributed by atoms with Gasteiger partial charge in [0, 0.05) is 25.7 Å². The minimum absolute atomic E-state index is 0.218. The van der Waals surface area contributed by atoms with Crippen LogP contribution < -0.4 is 10.6 Å². The van der Waals surface area contributed by atoms with E-state index in [-0.39, 0.29) is 11.6 Å². The van der Waals surface area contributed by atoms with E-state index in [1.807, 2.05) is 0 Å². The molecule has 1 aliphatic carbocycles. The van der Waals surface area contributed by atoms with Crippen molar-refractivity contribution in [1.29, 1.82) is 0 Å². The Labute approximate surface area is 131 Å². The molecule has 1 aliphatic rings. The fraction of sp³-hybridized carbons (Fsp3) is 0.600. The van der Waals surface area contributed by atoms with Gasteiger partial charge in [0.15, 0.2) is 0 Å². The molecule has 0 aliphatic heterocycles. The van der Waals surface area contributed by atoms with E-state index >= 15 is 0 Å². The van der Waals surface area contributed by atoms with Crippen molar-refractivity contribution in [2.45, 2.75) is 32.2 Å². The van der Waals surface area contributed by atoms with Crippen LogP contribution in [-0.2, 0) is 0 Å². The lowest BCUT2D eigenvalue weighted by molar-refractivity contribution is 0.0945. The Morgan fingerprint density at radius 3 is 2.86 bits per heavy atom. The molecule has 6 heteroatoms. The van der Waals surface area contributed by atoms with Crippen LogP contribution in [0, 0.1) is 0 Å². The summed E-state index contributed by atoms with van der Waals surface area (Å²) >= 11 is 6.07. The first-order valence-electron chi connectivity index (χ1n) is 7.50. The number of hydrogen-bond acceptors (Lipinski definition) is 4. The molecule has 0 bridgehead atoms. The number of carbonyl (C=O) groups is 1. The van der Waals surface area contributed by atoms with Crippen molar-refractivity contribution < 1.29 is 4.79 Å². The zero-order valence-electron chi connectivity index (χ0n) is 12.7. The van der Waals surface area contributed by atoms with Crippen molar-refractivity contribution in [3.8, 4) is 0 Å². The molecular weight excluding hydrogens is 288 g/mol. The van der Waals surface area contributed by atoms with Gasteiger partial charge >= 0.3 is 0 Å². The van der Waals surface area contributed by atoms with Gasteiger partial charge in [-0.15, -0.1) is 0 Å². The number of nitrogens with one attached hydrogen (secondary N) is 2. The molecule has 21 heavy (non-hydrogen) atoms. The molecule has 0 unspecified atom stereocenters. The van der Waals surface area contributed by atoms with Crippen LogP contribution in [0.15, 0.2) is 12.1 Å². The van der Waals surface area contributed by atoms with Crippen LogP contribution in [0.4, 0.5) is 5.82 Å². The molecule has 1 heterocycles. The lowest BCUT2D eigenvalue weighted by Gasteiger charge is -2.16. The number of likely N-dealkylation sites (N-methyl/N-ethyl adjacent to an activating group) is 1. The second-order valence-corrected chi connectivity index (χ2v) is 5.83. The molecule has 2 rings (SSSR count). The van der Waals surface area contributed by atoms with Gasteiger partial charge in [-0.3, -0.25) is 4.79 Å². The van der Waals surface area contributed by atoms with E-state index in [1.54, 1.807) is 12.1 Å². The summed E-state index contributed by atoms with van der Waals surface area (Å²) in [6.07, 6.45) is 3.53. The molecule has 1 saturated carbocycles. The van der Waals surface area contributed by atoms with Crippen LogP contribution in [0.3, 0.4) is 0 Å². The number of carbonyl (C=O) groups excluding carboxylic acids is 1. The number of amides is 1. The summed E-state index contributed by atoms with van der Waals surface area (Å²) < 4.78 is 0. The Balaban J connectivity index is 1.87. The van der Waals surface area contributed by atoms with Gasteiger partial charge in [-0.05, 0) is 38.4 Å². The summed E-state index contributed by atoms with van der Waals surface area (Å²) in [4.78, 5) is 18.7. The van der Waals surface area contributed by atoms with Gasteiger partial charge in [-0.2, -0.15) is 0 Å². The van der Waals surface area contributed by atoms with Crippen LogP contribution in [0.5, 0.6) is 0 Å². The number of aromatic nitrogens is 1. The van der Waals surface area contributed by atoms with Crippen molar-refractivity contribution in [3.05, 3.63) is 22.8 Å². The molecule has 0 aromatic carbocycles. The molecule has 0 spiro atoms. The molecule has 1 aromatic rings. The predicted octanol–water partition coefficient (Wildman–Crippen LogP) is 2.38. The van der Waals surface area contributed by atoms with E-state index in [9.17, 15) is 4.79 Å². The SMILES string of the molecule is CCCNc1ccc(Cl)c(C(=O)NCCN(C)C2CC2)n1. The topological polar surface area (TPSA) is 57.3 Å². The molecule has 0 radical (unpaired) electrons. The van der Waals surface area contributed by atoms with Crippen molar-refractivity contribution in [3.63, 3.8) is 0 Å². The number of anilines is 1. The molecule has 5 nitrogen and oxygen atoms in total. The quantitative estimate of drug-likeness (QED) is 0.774. The maximum Gasteiger partial charge on any atom is 0.271 e. The van der Waals surface area contributed by atoms with Crippen LogP contribution in [0.1, 0.15) is 36.7 Å². The lowest BCUT2D eigenvalue weighted by Crippen LogP contribution is -2.34. The minimum atomic E-state index is -0.218. The van der Waals surface area contributed by atoms with Gasteiger partial charge in [0.05, 0.1) is 5.02 Å². The second-order valence-electron chi connectivity index (χ2n) is 5.42. The first kappa shape index (κ1) is 16.0. The highest BCUT2D eigenvalue weighted by Gasteiger charge is 2.25. The zero-order valence-corrected chi connectivity index (χ0v) is 13.4. The predicted molar refractivity (Wildman–Crippen MR) is 86.0 cm³/mol. The van der Waals surface area contributed by atoms with Crippen LogP contribution in [0.2, 0.25) is 5.02 Å². The monoisotopic (exact) mass is 310 g/mol.